The van der Waals surface area contributed by atoms with Crippen LogP contribution in [0.15, 0.2) is 9.59 Å². The number of carbonyl (C=O) groups is 2. The monoisotopic (exact) mass is 280 g/mol. The molecule has 0 radical (unpaired) electrons. The van der Waals surface area contributed by atoms with Gasteiger partial charge in [-0.3, -0.25) is 23.3 Å². The van der Waals surface area contributed by atoms with Crippen LogP contribution in [0.1, 0.15) is 6.92 Å². The maximum Gasteiger partial charge on any atom is 0.382 e. The van der Waals surface area contributed by atoms with E-state index in [9.17, 15) is 19.2 Å². The van der Waals surface area contributed by atoms with Crippen molar-refractivity contribution >= 4 is 22.9 Å². The van der Waals surface area contributed by atoms with E-state index in [-0.39, 0.29) is 17.2 Å². The maximum absolute atomic E-state index is 12.0. The van der Waals surface area contributed by atoms with Crippen LogP contribution in [-0.4, -0.2) is 30.4 Å². The Balaban J connectivity index is 2.77. The molecule has 0 spiro atoms. The van der Waals surface area contributed by atoms with Crippen molar-refractivity contribution in [2.24, 2.45) is 21.1 Å². The summed E-state index contributed by atoms with van der Waals surface area (Å²) in [4.78, 5) is 49.9. The van der Waals surface area contributed by atoms with Gasteiger partial charge in [-0.2, -0.15) is 4.98 Å². The molecule has 0 bridgehead atoms. The van der Waals surface area contributed by atoms with Crippen LogP contribution in [0.25, 0.3) is 11.2 Å². The lowest BCUT2D eigenvalue weighted by molar-refractivity contribution is -0.146. The SMILES string of the molecule is CC(=O)C(=O)Oc1nc2c(c(=O)n(C)c(=O)n2C)n1C. The molecule has 9 nitrogen and oxygen atoms in total. The summed E-state index contributed by atoms with van der Waals surface area (Å²) < 4.78 is 8.07. The third-order valence-electron chi connectivity index (χ3n) is 2.91. The van der Waals surface area contributed by atoms with Gasteiger partial charge in [0.25, 0.3) is 5.56 Å². The molecule has 2 heterocycles. The van der Waals surface area contributed by atoms with Gasteiger partial charge in [-0.1, -0.05) is 0 Å². The normalized spacial score (nSPS) is 10.8. The topological polar surface area (TPSA) is 105 Å². The standard InChI is InChI=1S/C11H12N4O5/c1-5(16)9(18)20-10-12-7-6(13(10)2)8(17)15(4)11(19)14(7)3/h1-4H3. The Kier molecular flexibility index (Phi) is 3.04. The van der Waals surface area contributed by atoms with E-state index in [0.717, 1.165) is 16.1 Å². The van der Waals surface area contributed by atoms with Crippen LogP contribution < -0.4 is 16.0 Å². The Morgan fingerprint density at radius 1 is 1.05 bits per heavy atom. The van der Waals surface area contributed by atoms with Crippen molar-refractivity contribution in [2.45, 2.75) is 6.92 Å². The Morgan fingerprint density at radius 3 is 2.20 bits per heavy atom. The Labute approximate surface area is 112 Å². The number of carbonyl (C=O) groups excluding carboxylic acids is 2. The molecule has 0 amide bonds. The van der Waals surface area contributed by atoms with Crippen molar-refractivity contribution in [1.29, 1.82) is 0 Å². The van der Waals surface area contributed by atoms with E-state index in [1.807, 2.05) is 0 Å². The zero-order chi connectivity index (χ0) is 15.2. The average molecular weight is 280 g/mol. The molecule has 0 aliphatic rings. The van der Waals surface area contributed by atoms with Gasteiger partial charge in [-0.25, -0.2) is 9.59 Å². The number of esters is 1. The van der Waals surface area contributed by atoms with Crippen molar-refractivity contribution in [3.8, 4) is 6.01 Å². The molecule has 9 heteroatoms. The van der Waals surface area contributed by atoms with E-state index in [2.05, 4.69) is 4.98 Å². The number of hydrogen-bond acceptors (Lipinski definition) is 6. The van der Waals surface area contributed by atoms with E-state index < -0.39 is 23.0 Å². The molecule has 0 N–H and O–H groups in total. The number of nitrogens with zero attached hydrogens (tertiary/aromatic N) is 4. The first kappa shape index (κ1) is 13.7. The van der Waals surface area contributed by atoms with Crippen molar-refractivity contribution in [2.75, 3.05) is 0 Å². The van der Waals surface area contributed by atoms with E-state index in [1.54, 1.807) is 0 Å². The van der Waals surface area contributed by atoms with E-state index >= 15 is 0 Å². The number of imidazole rings is 1. The van der Waals surface area contributed by atoms with E-state index in [4.69, 9.17) is 4.74 Å². The van der Waals surface area contributed by atoms with Crippen LogP contribution in [0, 0.1) is 0 Å². The fourth-order valence-corrected chi connectivity index (χ4v) is 1.74. The number of aryl methyl sites for hydroxylation is 2. The van der Waals surface area contributed by atoms with E-state index in [0.29, 0.717) is 0 Å². The molecule has 106 valence electrons. The summed E-state index contributed by atoms with van der Waals surface area (Å²) in [5.74, 6) is -1.89. The molecule has 0 aromatic carbocycles. The molecule has 0 atom stereocenters. The molecule has 0 saturated heterocycles. The molecule has 0 aliphatic heterocycles. The Bertz CT molecular complexity index is 854. The molecule has 0 saturated carbocycles. The van der Waals surface area contributed by atoms with Crippen LogP contribution in [0.2, 0.25) is 0 Å². The molecule has 20 heavy (non-hydrogen) atoms. The molecule has 2 rings (SSSR count). The Morgan fingerprint density at radius 2 is 1.65 bits per heavy atom. The number of hydrogen-bond donors (Lipinski definition) is 0. The van der Waals surface area contributed by atoms with Crippen LogP contribution >= 0.6 is 0 Å². The minimum Gasteiger partial charge on any atom is -0.386 e. The third-order valence-corrected chi connectivity index (χ3v) is 2.91. The summed E-state index contributed by atoms with van der Waals surface area (Å²) in [6.07, 6.45) is 0. The number of Topliss-reactive ketones (excluding diaryl/α,β-unsaturated/α-hetero) is 1. The van der Waals surface area contributed by atoms with Crippen molar-refractivity contribution in [1.82, 2.24) is 18.7 Å². The average Bonchev–Trinajstić information content (AvgIpc) is 2.71. The summed E-state index contributed by atoms with van der Waals surface area (Å²) >= 11 is 0. The summed E-state index contributed by atoms with van der Waals surface area (Å²) in [6.45, 7) is 1.06. The highest BCUT2D eigenvalue weighted by Crippen LogP contribution is 2.15. The van der Waals surface area contributed by atoms with Gasteiger partial charge in [0.05, 0.1) is 0 Å². The van der Waals surface area contributed by atoms with Gasteiger partial charge < -0.3 is 4.74 Å². The van der Waals surface area contributed by atoms with Crippen LogP contribution in [0.5, 0.6) is 6.01 Å². The minimum atomic E-state index is -1.09. The first-order valence-electron chi connectivity index (χ1n) is 5.61. The van der Waals surface area contributed by atoms with Crippen LogP contribution in [0.4, 0.5) is 0 Å². The number of rotatable bonds is 2. The molecule has 0 unspecified atom stereocenters. The zero-order valence-corrected chi connectivity index (χ0v) is 11.3. The van der Waals surface area contributed by atoms with E-state index in [1.165, 1.54) is 25.7 Å². The first-order chi connectivity index (χ1) is 9.25. The van der Waals surface area contributed by atoms with Gasteiger partial charge >= 0.3 is 17.7 Å². The second-order valence-corrected chi connectivity index (χ2v) is 4.28. The largest absolute Gasteiger partial charge is 0.386 e. The van der Waals surface area contributed by atoms with Gasteiger partial charge in [-0.05, 0) is 0 Å². The third kappa shape index (κ3) is 1.83. The zero-order valence-electron chi connectivity index (χ0n) is 11.3. The highest BCUT2D eigenvalue weighted by atomic mass is 16.6. The van der Waals surface area contributed by atoms with Gasteiger partial charge in [-0.15, -0.1) is 0 Å². The highest BCUT2D eigenvalue weighted by molar-refractivity contribution is 6.33. The molecule has 0 aliphatic carbocycles. The number of ether oxygens (including phenoxy) is 1. The minimum absolute atomic E-state index is 0.0759. The maximum atomic E-state index is 12.0. The Hall–Kier alpha value is -2.71. The predicted octanol–water partition coefficient (Wildman–Crippen LogP) is -1.53. The van der Waals surface area contributed by atoms with Gasteiger partial charge in [0.1, 0.15) is 0 Å². The highest BCUT2D eigenvalue weighted by Gasteiger charge is 2.20. The summed E-state index contributed by atoms with van der Waals surface area (Å²) in [5.41, 5.74) is -0.943. The van der Waals surface area contributed by atoms with Crippen molar-refractivity contribution in [3.05, 3.63) is 20.8 Å². The molecule has 2 aromatic heterocycles. The second-order valence-electron chi connectivity index (χ2n) is 4.28. The second kappa shape index (κ2) is 4.44. The van der Waals surface area contributed by atoms with Crippen LogP contribution in [-0.2, 0) is 30.7 Å². The lowest BCUT2D eigenvalue weighted by Crippen LogP contribution is -2.37. The first-order valence-corrected chi connectivity index (χ1v) is 5.61. The van der Waals surface area contributed by atoms with Crippen LogP contribution in [0.3, 0.4) is 0 Å². The smallest absolute Gasteiger partial charge is 0.382 e. The van der Waals surface area contributed by atoms with Gasteiger partial charge in [0, 0.05) is 28.1 Å². The fraction of sp³-hybridized carbons (Fsp3) is 0.364. The number of ketones is 1. The lowest BCUT2D eigenvalue weighted by atomic mass is 10.5. The fourth-order valence-electron chi connectivity index (χ4n) is 1.74. The summed E-state index contributed by atoms with van der Waals surface area (Å²) in [6, 6.07) is -0.224. The van der Waals surface area contributed by atoms with Gasteiger partial charge in [0.15, 0.2) is 11.2 Å². The number of aromatic nitrogens is 4. The summed E-state index contributed by atoms with van der Waals surface area (Å²) in [5, 5.41) is 0. The predicted molar refractivity (Wildman–Crippen MR) is 67.5 cm³/mol. The lowest BCUT2D eigenvalue weighted by Gasteiger charge is -2.03. The molecular weight excluding hydrogens is 268 g/mol. The summed E-state index contributed by atoms with van der Waals surface area (Å²) in [7, 11) is 4.22. The number of fused-ring (bicyclic) bond motifs is 1. The van der Waals surface area contributed by atoms with Crippen molar-refractivity contribution in [3.63, 3.8) is 0 Å². The molecule has 2 aromatic rings. The molecular formula is C11H12N4O5. The van der Waals surface area contributed by atoms with Crippen molar-refractivity contribution < 1.29 is 14.3 Å². The van der Waals surface area contributed by atoms with Gasteiger partial charge in [0.2, 0.25) is 5.78 Å². The molecule has 0 fully saturated rings. The quantitative estimate of drug-likeness (QED) is 0.488.